The minimum absolute atomic E-state index is 0.111. The predicted molar refractivity (Wildman–Crippen MR) is 164 cm³/mol. The van der Waals surface area contributed by atoms with Crippen LogP contribution in [-0.4, -0.2) is 88.3 Å². The fourth-order valence-electron chi connectivity index (χ4n) is 5.47. The van der Waals surface area contributed by atoms with E-state index >= 15 is 0 Å². The number of rotatable bonds is 10. The molecular formula is C28H38F2N6O9SSi. The Hall–Kier alpha value is -3.17. The zero-order valence-electron chi connectivity index (χ0n) is 26.3. The van der Waals surface area contributed by atoms with Crippen molar-refractivity contribution >= 4 is 41.5 Å². The number of halogens is 2. The predicted octanol–water partition coefficient (Wildman–Crippen LogP) is 1.79. The van der Waals surface area contributed by atoms with Crippen molar-refractivity contribution in [3.05, 3.63) is 48.0 Å². The van der Waals surface area contributed by atoms with Crippen LogP contribution < -0.4 is 10.5 Å². The van der Waals surface area contributed by atoms with Crippen LogP contribution in [0.5, 0.6) is 0 Å². The van der Waals surface area contributed by atoms with E-state index in [2.05, 4.69) is 15.0 Å². The fourth-order valence-corrected chi connectivity index (χ4v) is 7.51. The quantitative estimate of drug-likeness (QED) is 0.191. The van der Waals surface area contributed by atoms with E-state index in [-0.39, 0.29) is 33.1 Å². The molecule has 3 aromatic rings. The Kier molecular flexibility index (Phi) is 9.02. The molecule has 0 saturated carbocycles. The Balaban J connectivity index is 1.28. The van der Waals surface area contributed by atoms with Crippen LogP contribution in [0.25, 0.3) is 11.2 Å². The van der Waals surface area contributed by atoms with Gasteiger partial charge in [-0.25, -0.2) is 19.7 Å². The number of nitrogens with one attached hydrogen (secondary N) is 1. The lowest BCUT2D eigenvalue weighted by Crippen LogP contribution is -2.49. The number of nitrogens with two attached hydrogens (primary N) is 1. The molecule has 258 valence electrons. The smallest absolute Gasteiger partial charge is 0.362 e. The Labute approximate surface area is 270 Å². The van der Waals surface area contributed by atoms with Crippen molar-refractivity contribution in [2.45, 2.75) is 93.9 Å². The number of hydrogen-bond donors (Lipinski definition) is 5. The first-order valence-corrected chi connectivity index (χ1v) is 19.0. The monoisotopic (exact) mass is 700 g/mol. The first-order valence-electron chi connectivity index (χ1n) is 14.7. The number of hydrogen-bond acceptors (Lipinski definition) is 13. The number of benzene rings is 1. The molecule has 1 aliphatic carbocycles. The number of aliphatic hydroxyl groups excluding tert-OH is 2. The third-order valence-electron chi connectivity index (χ3n) is 9.15. The minimum Gasteiger partial charge on any atom is -0.407 e. The van der Waals surface area contributed by atoms with Gasteiger partial charge in [-0.3, -0.25) is 13.5 Å². The zero-order chi connectivity index (χ0) is 34.7. The molecule has 1 aromatic carbocycles. The highest BCUT2D eigenvalue weighted by Gasteiger charge is 2.64. The fraction of sp³-hybridized carbons (Fsp3) is 0.571. The van der Waals surface area contributed by atoms with Crippen molar-refractivity contribution in [1.29, 1.82) is 0 Å². The van der Waals surface area contributed by atoms with Gasteiger partial charge >= 0.3 is 16.2 Å². The summed E-state index contributed by atoms with van der Waals surface area (Å²) in [5.74, 6) is -5.18. The summed E-state index contributed by atoms with van der Waals surface area (Å²) in [7, 11) is -7.40. The largest absolute Gasteiger partial charge is 0.407 e. The van der Waals surface area contributed by atoms with Gasteiger partial charge in [0.1, 0.15) is 36.3 Å². The molecule has 47 heavy (non-hydrogen) atoms. The second-order valence-corrected chi connectivity index (χ2v) is 19.3. The number of nitrogens with zero attached hydrogens (tertiary/aromatic N) is 4. The van der Waals surface area contributed by atoms with E-state index in [0.717, 1.165) is 0 Å². The number of imidazole rings is 1. The number of ether oxygens (including phenoxy) is 1. The normalized spacial score (nSPS) is 27.7. The van der Waals surface area contributed by atoms with Gasteiger partial charge in [-0.2, -0.15) is 17.2 Å². The van der Waals surface area contributed by atoms with E-state index in [4.69, 9.17) is 19.1 Å². The van der Waals surface area contributed by atoms with Gasteiger partial charge in [0.05, 0.1) is 12.9 Å². The lowest BCUT2D eigenvalue weighted by Gasteiger charge is -2.40. The van der Waals surface area contributed by atoms with E-state index in [0.29, 0.717) is 0 Å². The number of carbonyl (C=O) groups excluding carboxylic acids is 1. The molecule has 3 heterocycles. The highest BCUT2D eigenvalue weighted by Crippen LogP contribution is 2.56. The van der Waals surface area contributed by atoms with Gasteiger partial charge < -0.3 is 30.2 Å². The molecule has 2 aromatic heterocycles. The summed E-state index contributed by atoms with van der Waals surface area (Å²) in [6.45, 7) is 9.16. The van der Waals surface area contributed by atoms with E-state index in [9.17, 15) is 37.3 Å². The molecule has 0 unspecified atom stereocenters. The molecule has 1 amide bonds. The Bertz CT molecular complexity index is 1770. The molecule has 1 fully saturated rings. The van der Waals surface area contributed by atoms with Crippen molar-refractivity contribution in [1.82, 2.24) is 24.2 Å². The molecule has 0 spiro atoms. The Morgan fingerprint density at radius 1 is 1.19 bits per heavy atom. The molecule has 6 atom stereocenters. The van der Waals surface area contributed by atoms with Crippen molar-refractivity contribution < 1.29 is 50.7 Å². The number of carbonyl (C=O) groups is 1. The summed E-state index contributed by atoms with van der Waals surface area (Å²) >= 11 is 0. The molecule has 15 nitrogen and oxygen atoms in total. The molecule has 2 aliphatic rings. The molecule has 0 radical (unpaired) electrons. The van der Waals surface area contributed by atoms with Crippen LogP contribution in [0.1, 0.15) is 57.1 Å². The number of aliphatic hydroxyl groups is 3. The lowest BCUT2D eigenvalue weighted by molar-refractivity contribution is -0.226. The zero-order valence-corrected chi connectivity index (χ0v) is 28.1. The summed E-state index contributed by atoms with van der Waals surface area (Å²) in [6.07, 6.45) is -6.23. The first kappa shape index (κ1) is 35.1. The summed E-state index contributed by atoms with van der Waals surface area (Å²) < 4.78 is 75.9. The number of amides is 1. The maximum atomic E-state index is 14.9. The van der Waals surface area contributed by atoms with Crippen LogP contribution in [-0.2, 0) is 34.0 Å². The van der Waals surface area contributed by atoms with Crippen molar-refractivity contribution in [2.75, 3.05) is 12.3 Å². The minimum atomic E-state index is -4.84. The Morgan fingerprint density at radius 3 is 2.55 bits per heavy atom. The van der Waals surface area contributed by atoms with Gasteiger partial charge in [0.25, 0.3) is 0 Å². The first-order chi connectivity index (χ1) is 21.7. The van der Waals surface area contributed by atoms with Crippen LogP contribution in [0.4, 0.5) is 14.6 Å². The molecule has 6 N–H and O–H groups in total. The van der Waals surface area contributed by atoms with E-state index in [1.807, 2.05) is 33.9 Å². The SMILES string of the molecule is CC(C)(C)[Si](C)(C)O[C@@H]1[C@H](O)[C@@H](COS(=O)(=O)NC(=O)CC[C@@]2(O)c3ccccc3[C@H](O)C2(F)F)O[C@H]1n1cnc2c(N)ncnc21. The third-order valence-corrected chi connectivity index (χ3v) is 14.5. The van der Waals surface area contributed by atoms with Gasteiger partial charge in [0.15, 0.2) is 31.6 Å². The highest BCUT2D eigenvalue weighted by molar-refractivity contribution is 7.85. The van der Waals surface area contributed by atoms with Gasteiger partial charge in [0.2, 0.25) is 5.91 Å². The summed E-state index contributed by atoms with van der Waals surface area (Å²) in [4.78, 5) is 24.9. The van der Waals surface area contributed by atoms with E-state index < -0.39 is 86.1 Å². The summed E-state index contributed by atoms with van der Waals surface area (Å²) in [5, 5.41) is 32.0. The second-order valence-electron chi connectivity index (χ2n) is 13.2. The lowest BCUT2D eigenvalue weighted by atomic mass is 9.88. The molecule has 5 rings (SSSR count). The van der Waals surface area contributed by atoms with Crippen molar-refractivity contribution in [2.24, 2.45) is 0 Å². The average molecular weight is 701 g/mol. The van der Waals surface area contributed by atoms with Gasteiger partial charge in [-0.1, -0.05) is 45.0 Å². The number of anilines is 1. The van der Waals surface area contributed by atoms with Gasteiger partial charge in [0, 0.05) is 6.42 Å². The summed E-state index contributed by atoms with van der Waals surface area (Å²) in [6, 6.07) is 5.24. The second kappa shape index (κ2) is 12.1. The number of alkyl halides is 2. The number of nitrogen functional groups attached to an aromatic ring is 1. The maximum absolute atomic E-state index is 14.9. The van der Waals surface area contributed by atoms with E-state index in [1.165, 1.54) is 41.5 Å². The average Bonchev–Trinajstić information content (AvgIpc) is 3.58. The molecular weight excluding hydrogens is 662 g/mol. The van der Waals surface area contributed by atoms with Crippen LogP contribution >= 0.6 is 0 Å². The van der Waals surface area contributed by atoms with Crippen LogP contribution in [0.15, 0.2) is 36.9 Å². The molecule has 1 saturated heterocycles. The molecule has 0 bridgehead atoms. The topological polar surface area (TPSA) is 221 Å². The molecule has 19 heteroatoms. The summed E-state index contributed by atoms with van der Waals surface area (Å²) in [5.41, 5.74) is 3.11. The van der Waals surface area contributed by atoms with Crippen molar-refractivity contribution in [3.8, 4) is 0 Å². The Morgan fingerprint density at radius 2 is 1.87 bits per heavy atom. The van der Waals surface area contributed by atoms with Gasteiger partial charge in [-0.15, -0.1) is 0 Å². The van der Waals surface area contributed by atoms with Crippen LogP contribution in [0.3, 0.4) is 0 Å². The maximum Gasteiger partial charge on any atom is 0.362 e. The van der Waals surface area contributed by atoms with Crippen LogP contribution in [0, 0.1) is 0 Å². The standard InChI is InChI=1S/C28H38F2N6O9SSi/c1-26(2,3)47(4,5)45-21-20(38)17(44-25(21)36-14-34-19-23(31)32-13-33-24(19)36)12-43-46(41,42)35-18(37)10-11-27(40)16-9-7-6-8-15(16)22(39)28(27,29)30/h6-9,13-14,17,20-22,25,38-40H,10-12H2,1-5H3,(H,35,37)(H2,31,32,33)/t17-,20-,21-,22+,25-,27-/m1/s1. The number of aromatic nitrogens is 4. The van der Waals surface area contributed by atoms with Crippen molar-refractivity contribution in [3.63, 3.8) is 0 Å². The van der Waals surface area contributed by atoms with Crippen LogP contribution in [0.2, 0.25) is 18.1 Å². The highest BCUT2D eigenvalue weighted by atomic mass is 32.2. The number of fused-ring (bicyclic) bond motifs is 2. The third kappa shape index (κ3) is 6.26. The molecule has 1 aliphatic heterocycles. The van der Waals surface area contributed by atoms with E-state index in [1.54, 1.807) is 4.72 Å². The van der Waals surface area contributed by atoms with Gasteiger partial charge in [-0.05, 0) is 35.7 Å².